The predicted molar refractivity (Wildman–Crippen MR) is 168 cm³/mol. The first-order valence-electron chi connectivity index (χ1n) is 15.0. The lowest BCUT2D eigenvalue weighted by atomic mass is 9.99. The van der Waals surface area contributed by atoms with Gasteiger partial charge in [0.05, 0.1) is 18.6 Å². The SMILES string of the molecule is CC(C)(C)OC(=O)C1CCCN1C[C@@H](O)[C@H](Cc1ccccc1)NC(=O)[C@H](CC(N)=O)NC(=O)c1ccc2ccccc2c1. The zero-order chi connectivity index (χ0) is 31.9. The number of hydrogen-bond acceptors (Lipinski definition) is 7. The van der Waals surface area contributed by atoms with Crippen molar-refractivity contribution in [2.75, 3.05) is 13.1 Å². The van der Waals surface area contributed by atoms with Gasteiger partial charge >= 0.3 is 5.97 Å². The van der Waals surface area contributed by atoms with E-state index in [4.69, 9.17) is 10.5 Å². The van der Waals surface area contributed by atoms with Gasteiger partial charge in [-0.2, -0.15) is 0 Å². The number of nitrogens with two attached hydrogens (primary N) is 1. The van der Waals surface area contributed by atoms with Crippen molar-refractivity contribution in [3.05, 3.63) is 83.9 Å². The normalized spacial score (nSPS) is 17.4. The van der Waals surface area contributed by atoms with Crippen LogP contribution >= 0.6 is 0 Å². The molecule has 0 spiro atoms. The van der Waals surface area contributed by atoms with Gasteiger partial charge in [-0.1, -0.05) is 60.7 Å². The van der Waals surface area contributed by atoms with Gasteiger partial charge in [0.25, 0.3) is 5.91 Å². The summed E-state index contributed by atoms with van der Waals surface area (Å²) in [4.78, 5) is 53.5. The molecule has 1 aliphatic heterocycles. The highest BCUT2D eigenvalue weighted by Gasteiger charge is 2.37. The molecule has 10 heteroatoms. The van der Waals surface area contributed by atoms with Crippen molar-refractivity contribution in [2.45, 2.75) is 76.3 Å². The van der Waals surface area contributed by atoms with E-state index in [2.05, 4.69) is 10.6 Å². The number of nitrogens with one attached hydrogen (secondary N) is 2. The summed E-state index contributed by atoms with van der Waals surface area (Å²) in [6, 6.07) is 19.5. The average Bonchev–Trinajstić information content (AvgIpc) is 3.44. The third-order valence-electron chi connectivity index (χ3n) is 7.59. The van der Waals surface area contributed by atoms with Gasteiger partial charge < -0.3 is 26.2 Å². The second-order valence-electron chi connectivity index (χ2n) is 12.3. The Hall–Kier alpha value is -4.28. The molecule has 4 atom stereocenters. The van der Waals surface area contributed by atoms with Crippen molar-refractivity contribution in [2.24, 2.45) is 5.73 Å². The summed E-state index contributed by atoms with van der Waals surface area (Å²) in [5.74, 6) is -2.29. The number of primary amides is 1. The van der Waals surface area contributed by atoms with Gasteiger partial charge in [0.15, 0.2) is 0 Å². The minimum atomic E-state index is -1.27. The molecule has 5 N–H and O–H groups in total. The highest BCUT2D eigenvalue weighted by molar-refractivity contribution is 6.01. The Bertz CT molecular complexity index is 1470. The molecule has 1 aliphatic rings. The number of carbonyl (C=O) groups is 4. The summed E-state index contributed by atoms with van der Waals surface area (Å²) in [6.45, 7) is 6.15. The molecule has 0 radical (unpaired) electrons. The molecule has 0 bridgehead atoms. The first-order chi connectivity index (χ1) is 20.9. The Balaban J connectivity index is 1.50. The molecule has 1 fully saturated rings. The van der Waals surface area contributed by atoms with Crippen LogP contribution in [0, 0.1) is 0 Å². The summed E-state index contributed by atoms with van der Waals surface area (Å²) >= 11 is 0. The summed E-state index contributed by atoms with van der Waals surface area (Å²) in [5, 5.41) is 18.8. The number of β-amino-alcohol motifs (C(OH)–C–C–N with tert-alkyl or cyclic N) is 1. The Morgan fingerprint density at radius 1 is 0.977 bits per heavy atom. The minimum Gasteiger partial charge on any atom is -0.459 e. The molecule has 3 aromatic carbocycles. The molecule has 0 saturated carbocycles. The summed E-state index contributed by atoms with van der Waals surface area (Å²) in [7, 11) is 0. The van der Waals surface area contributed by atoms with Gasteiger partial charge in [-0.25, -0.2) is 0 Å². The Morgan fingerprint density at radius 3 is 2.34 bits per heavy atom. The second kappa shape index (κ2) is 14.5. The molecule has 3 amide bonds. The highest BCUT2D eigenvalue weighted by atomic mass is 16.6. The van der Waals surface area contributed by atoms with Gasteiger partial charge in [-0.15, -0.1) is 0 Å². The van der Waals surface area contributed by atoms with E-state index < -0.39 is 54.0 Å². The number of ether oxygens (including phenoxy) is 1. The van der Waals surface area contributed by atoms with Crippen molar-refractivity contribution >= 4 is 34.5 Å². The third-order valence-corrected chi connectivity index (χ3v) is 7.59. The van der Waals surface area contributed by atoms with Crippen LogP contribution in [0.25, 0.3) is 10.8 Å². The van der Waals surface area contributed by atoms with Crippen LogP contribution < -0.4 is 16.4 Å². The molecule has 1 saturated heterocycles. The maximum atomic E-state index is 13.6. The number of esters is 1. The molecule has 44 heavy (non-hydrogen) atoms. The second-order valence-corrected chi connectivity index (χ2v) is 12.3. The molecule has 0 aromatic heterocycles. The van der Waals surface area contributed by atoms with E-state index in [9.17, 15) is 24.3 Å². The molecule has 234 valence electrons. The van der Waals surface area contributed by atoms with Crippen LogP contribution in [0.2, 0.25) is 0 Å². The van der Waals surface area contributed by atoms with Gasteiger partial charge in [-0.3, -0.25) is 24.1 Å². The number of aliphatic hydroxyl groups is 1. The van der Waals surface area contributed by atoms with Crippen LogP contribution in [0.4, 0.5) is 0 Å². The van der Waals surface area contributed by atoms with E-state index in [1.54, 1.807) is 12.1 Å². The summed E-state index contributed by atoms with van der Waals surface area (Å²) in [6.07, 6.45) is 0.159. The van der Waals surface area contributed by atoms with Gasteiger partial charge in [0.2, 0.25) is 11.8 Å². The smallest absolute Gasteiger partial charge is 0.323 e. The van der Waals surface area contributed by atoms with Crippen molar-refractivity contribution in [3.63, 3.8) is 0 Å². The maximum absolute atomic E-state index is 13.6. The van der Waals surface area contributed by atoms with Gasteiger partial charge in [0.1, 0.15) is 17.7 Å². The molecule has 1 heterocycles. The molecule has 4 rings (SSSR count). The number of rotatable bonds is 12. The van der Waals surface area contributed by atoms with Gasteiger partial charge in [-0.05, 0) is 75.0 Å². The molecular weight excluding hydrogens is 560 g/mol. The van der Waals surface area contributed by atoms with Crippen LogP contribution in [0.1, 0.15) is 56.0 Å². The molecule has 3 aromatic rings. The van der Waals surface area contributed by atoms with Crippen LogP contribution in [0.15, 0.2) is 72.8 Å². The van der Waals surface area contributed by atoms with E-state index in [1.807, 2.05) is 86.3 Å². The van der Waals surface area contributed by atoms with E-state index >= 15 is 0 Å². The molecular formula is C34H42N4O6. The maximum Gasteiger partial charge on any atom is 0.323 e. The standard InChI is InChI=1S/C34H42N4O6/c1-34(2,3)44-33(43)28-14-9-17-38(28)21-29(39)26(18-22-10-5-4-6-11-22)36-32(42)27(20-30(35)40)37-31(41)25-16-15-23-12-7-8-13-24(23)19-25/h4-8,10-13,15-16,19,26-29,39H,9,14,17-18,20-21H2,1-3H3,(H2,35,40)(H,36,42)(H,37,41)/t26-,27-,28?,29+/m0/s1. The van der Waals surface area contributed by atoms with Crippen LogP contribution in [-0.4, -0.2) is 76.6 Å². The fourth-order valence-corrected chi connectivity index (χ4v) is 5.47. The zero-order valence-electron chi connectivity index (χ0n) is 25.5. The number of aliphatic hydroxyl groups excluding tert-OH is 1. The van der Waals surface area contributed by atoms with E-state index in [1.165, 1.54) is 0 Å². The summed E-state index contributed by atoms with van der Waals surface area (Å²) < 4.78 is 5.60. The Kier molecular flexibility index (Phi) is 10.7. The Morgan fingerprint density at radius 2 is 1.66 bits per heavy atom. The minimum absolute atomic E-state index is 0.117. The fraction of sp³-hybridized carbons (Fsp3) is 0.412. The van der Waals surface area contributed by atoms with E-state index in [0.29, 0.717) is 18.5 Å². The lowest BCUT2D eigenvalue weighted by Gasteiger charge is -2.32. The Labute approximate surface area is 257 Å². The van der Waals surface area contributed by atoms with Gasteiger partial charge in [0, 0.05) is 12.1 Å². The first-order valence-corrected chi connectivity index (χ1v) is 15.0. The van der Waals surface area contributed by atoms with Crippen LogP contribution in [0.3, 0.4) is 0 Å². The molecule has 1 unspecified atom stereocenters. The third kappa shape index (κ3) is 9.11. The topological polar surface area (TPSA) is 151 Å². The average molecular weight is 603 g/mol. The van der Waals surface area contributed by atoms with E-state index in [0.717, 1.165) is 22.8 Å². The fourth-order valence-electron chi connectivity index (χ4n) is 5.47. The highest BCUT2D eigenvalue weighted by Crippen LogP contribution is 2.22. The number of nitrogens with zero attached hydrogens (tertiary/aromatic N) is 1. The van der Waals surface area contributed by atoms with Crippen molar-refractivity contribution < 1.29 is 29.0 Å². The predicted octanol–water partition coefficient (Wildman–Crippen LogP) is 2.71. The number of benzene rings is 3. The van der Waals surface area contributed by atoms with Crippen molar-refractivity contribution in [3.8, 4) is 0 Å². The van der Waals surface area contributed by atoms with Crippen LogP contribution in [-0.2, 0) is 25.5 Å². The lowest BCUT2D eigenvalue weighted by molar-refractivity contribution is -0.160. The number of amides is 3. The van der Waals surface area contributed by atoms with E-state index in [-0.39, 0.29) is 18.9 Å². The first kappa shape index (κ1) is 32.6. The monoisotopic (exact) mass is 602 g/mol. The molecule has 10 nitrogen and oxygen atoms in total. The van der Waals surface area contributed by atoms with Crippen molar-refractivity contribution in [1.29, 1.82) is 0 Å². The quantitative estimate of drug-likeness (QED) is 0.233. The number of carbonyl (C=O) groups excluding carboxylic acids is 4. The van der Waals surface area contributed by atoms with Crippen LogP contribution in [0.5, 0.6) is 0 Å². The largest absolute Gasteiger partial charge is 0.459 e. The lowest BCUT2D eigenvalue weighted by Crippen LogP contribution is -2.56. The molecule has 0 aliphatic carbocycles. The number of likely N-dealkylation sites (tertiary alicyclic amines) is 1. The number of fused-ring (bicyclic) bond motifs is 1. The zero-order valence-corrected chi connectivity index (χ0v) is 25.5. The summed E-state index contributed by atoms with van der Waals surface area (Å²) in [5.41, 5.74) is 6.02. The number of hydrogen-bond donors (Lipinski definition) is 4. The van der Waals surface area contributed by atoms with Crippen molar-refractivity contribution in [1.82, 2.24) is 15.5 Å².